The second kappa shape index (κ2) is 8.93. The second-order valence-corrected chi connectivity index (χ2v) is 6.25. The monoisotopic (exact) mass is 306 g/mol. The molecule has 0 spiro atoms. The Morgan fingerprint density at radius 1 is 1.27 bits per heavy atom. The lowest BCUT2D eigenvalue weighted by molar-refractivity contribution is -0.132. The molecule has 1 aliphatic rings. The number of amides is 1. The standard InChI is InChI=1S/C17H30N4O/c1-3-19(13-14-21-12-8-9-18-21)17(22)15-16(2)20-10-6-4-5-7-11-20/h8-9,12,16H,3-7,10-11,13-15H2,1-2H3. The van der Waals surface area contributed by atoms with Crippen LogP contribution >= 0.6 is 0 Å². The van der Waals surface area contributed by atoms with Crippen molar-refractivity contribution in [1.29, 1.82) is 0 Å². The molecule has 1 saturated heterocycles. The Kier molecular flexibility index (Phi) is 6.90. The zero-order chi connectivity index (χ0) is 15.8. The van der Waals surface area contributed by atoms with E-state index >= 15 is 0 Å². The molecule has 1 aliphatic heterocycles. The fraction of sp³-hybridized carbons (Fsp3) is 0.765. The maximum Gasteiger partial charge on any atom is 0.224 e. The zero-order valence-corrected chi connectivity index (χ0v) is 14.1. The van der Waals surface area contributed by atoms with Gasteiger partial charge in [0.15, 0.2) is 0 Å². The summed E-state index contributed by atoms with van der Waals surface area (Å²) in [5, 5.41) is 4.20. The summed E-state index contributed by atoms with van der Waals surface area (Å²) in [5.41, 5.74) is 0. The largest absolute Gasteiger partial charge is 0.341 e. The van der Waals surface area contributed by atoms with Crippen LogP contribution in [0.1, 0.15) is 46.0 Å². The maximum absolute atomic E-state index is 12.5. The van der Waals surface area contributed by atoms with Gasteiger partial charge >= 0.3 is 0 Å². The Morgan fingerprint density at radius 2 is 2.00 bits per heavy atom. The van der Waals surface area contributed by atoms with E-state index < -0.39 is 0 Å². The van der Waals surface area contributed by atoms with Crippen molar-refractivity contribution < 1.29 is 4.79 Å². The highest BCUT2D eigenvalue weighted by Crippen LogP contribution is 2.15. The van der Waals surface area contributed by atoms with E-state index in [1.54, 1.807) is 6.20 Å². The van der Waals surface area contributed by atoms with Crippen molar-refractivity contribution in [2.75, 3.05) is 26.2 Å². The van der Waals surface area contributed by atoms with Crippen LogP contribution in [0.25, 0.3) is 0 Å². The van der Waals surface area contributed by atoms with Gasteiger partial charge < -0.3 is 9.80 Å². The number of likely N-dealkylation sites (tertiary alicyclic amines) is 1. The number of likely N-dealkylation sites (N-methyl/N-ethyl adjacent to an activating group) is 1. The van der Waals surface area contributed by atoms with Crippen molar-refractivity contribution in [2.45, 2.75) is 58.5 Å². The average Bonchev–Trinajstić information content (AvgIpc) is 2.87. The predicted molar refractivity (Wildman–Crippen MR) is 88.6 cm³/mol. The number of carbonyl (C=O) groups is 1. The first kappa shape index (κ1) is 17.0. The van der Waals surface area contributed by atoms with Gasteiger partial charge in [0, 0.05) is 37.9 Å². The van der Waals surface area contributed by atoms with E-state index in [-0.39, 0.29) is 5.91 Å². The summed E-state index contributed by atoms with van der Waals surface area (Å²) in [6.07, 6.45) is 9.57. The molecule has 22 heavy (non-hydrogen) atoms. The van der Waals surface area contributed by atoms with E-state index in [4.69, 9.17) is 0 Å². The van der Waals surface area contributed by atoms with Gasteiger partial charge in [-0.25, -0.2) is 0 Å². The molecular weight excluding hydrogens is 276 g/mol. The summed E-state index contributed by atoms with van der Waals surface area (Å²) in [4.78, 5) is 17.0. The minimum absolute atomic E-state index is 0.270. The van der Waals surface area contributed by atoms with Gasteiger partial charge in [-0.1, -0.05) is 12.8 Å². The molecule has 1 unspecified atom stereocenters. The summed E-state index contributed by atoms with van der Waals surface area (Å²) in [6.45, 7) is 8.82. The Hall–Kier alpha value is -1.36. The minimum Gasteiger partial charge on any atom is -0.341 e. The lowest BCUT2D eigenvalue weighted by atomic mass is 10.1. The molecule has 2 rings (SSSR count). The van der Waals surface area contributed by atoms with Gasteiger partial charge in [-0.05, 0) is 45.8 Å². The Labute approximate surface area is 134 Å². The molecule has 1 fully saturated rings. The first-order valence-corrected chi connectivity index (χ1v) is 8.70. The van der Waals surface area contributed by atoms with Crippen LogP contribution < -0.4 is 0 Å². The van der Waals surface area contributed by atoms with Gasteiger partial charge in [-0.2, -0.15) is 5.10 Å². The molecule has 0 N–H and O–H groups in total. The third kappa shape index (κ3) is 5.13. The summed E-state index contributed by atoms with van der Waals surface area (Å²) in [5.74, 6) is 0.270. The van der Waals surface area contributed by atoms with Crippen LogP contribution in [-0.4, -0.2) is 57.7 Å². The fourth-order valence-corrected chi connectivity index (χ4v) is 3.16. The Morgan fingerprint density at radius 3 is 2.59 bits per heavy atom. The molecule has 0 saturated carbocycles. The van der Waals surface area contributed by atoms with Crippen LogP contribution in [0.4, 0.5) is 0 Å². The number of hydrogen-bond donors (Lipinski definition) is 0. The maximum atomic E-state index is 12.5. The van der Waals surface area contributed by atoms with Crippen molar-refractivity contribution >= 4 is 5.91 Å². The number of nitrogens with zero attached hydrogens (tertiary/aromatic N) is 4. The molecule has 0 radical (unpaired) electrons. The molecule has 124 valence electrons. The minimum atomic E-state index is 0.270. The molecule has 1 aromatic rings. The first-order valence-electron chi connectivity index (χ1n) is 8.70. The molecule has 0 bridgehead atoms. The fourth-order valence-electron chi connectivity index (χ4n) is 3.16. The lowest BCUT2D eigenvalue weighted by Crippen LogP contribution is -2.41. The molecule has 1 amide bonds. The molecule has 0 aliphatic carbocycles. The van der Waals surface area contributed by atoms with Crippen LogP contribution in [0.2, 0.25) is 0 Å². The van der Waals surface area contributed by atoms with Crippen molar-refractivity contribution in [3.8, 4) is 0 Å². The van der Waals surface area contributed by atoms with Crippen molar-refractivity contribution in [2.24, 2.45) is 0 Å². The van der Waals surface area contributed by atoms with Gasteiger partial charge in [-0.3, -0.25) is 9.48 Å². The molecule has 5 nitrogen and oxygen atoms in total. The highest BCUT2D eigenvalue weighted by Gasteiger charge is 2.21. The van der Waals surface area contributed by atoms with E-state index in [2.05, 4.69) is 23.8 Å². The SMILES string of the molecule is CCN(CCn1cccn1)C(=O)CC(C)N1CCCCCC1. The summed E-state index contributed by atoms with van der Waals surface area (Å²) < 4.78 is 1.88. The molecule has 2 heterocycles. The average molecular weight is 306 g/mol. The van der Waals surface area contributed by atoms with E-state index in [1.807, 2.05) is 21.8 Å². The van der Waals surface area contributed by atoms with Crippen LogP contribution in [0, 0.1) is 0 Å². The van der Waals surface area contributed by atoms with Crippen molar-refractivity contribution in [3.63, 3.8) is 0 Å². The molecule has 0 aromatic carbocycles. The Balaban J connectivity index is 1.79. The van der Waals surface area contributed by atoms with Crippen LogP contribution in [-0.2, 0) is 11.3 Å². The first-order chi connectivity index (χ1) is 10.7. The van der Waals surface area contributed by atoms with Crippen LogP contribution in [0.5, 0.6) is 0 Å². The van der Waals surface area contributed by atoms with Crippen LogP contribution in [0.15, 0.2) is 18.5 Å². The van der Waals surface area contributed by atoms with E-state index in [0.717, 1.165) is 32.7 Å². The zero-order valence-electron chi connectivity index (χ0n) is 14.1. The summed E-state index contributed by atoms with van der Waals surface area (Å²) >= 11 is 0. The van der Waals surface area contributed by atoms with E-state index in [9.17, 15) is 4.79 Å². The normalized spacial score (nSPS) is 17.9. The summed E-state index contributed by atoms with van der Waals surface area (Å²) in [6, 6.07) is 2.27. The molecule has 5 heteroatoms. The second-order valence-electron chi connectivity index (χ2n) is 6.25. The van der Waals surface area contributed by atoms with Crippen molar-refractivity contribution in [1.82, 2.24) is 19.6 Å². The number of rotatable bonds is 7. The third-order valence-electron chi connectivity index (χ3n) is 4.63. The van der Waals surface area contributed by atoms with Gasteiger partial charge in [0.05, 0.1) is 6.54 Å². The highest BCUT2D eigenvalue weighted by atomic mass is 16.2. The summed E-state index contributed by atoms with van der Waals surface area (Å²) in [7, 11) is 0. The van der Waals surface area contributed by atoms with Crippen LogP contribution in [0.3, 0.4) is 0 Å². The van der Waals surface area contributed by atoms with Gasteiger partial charge in [-0.15, -0.1) is 0 Å². The highest BCUT2D eigenvalue weighted by molar-refractivity contribution is 5.76. The quantitative estimate of drug-likeness (QED) is 0.776. The number of aromatic nitrogens is 2. The smallest absolute Gasteiger partial charge is 0.224 e. The number of hydrogen-bond acceptors (Lipinski definition) is 3. The molecular formula is C17H30N4O. The molecule has 1 atom stereocenters. The van der Waals surface area contributed by atoms with Gasteiger partial charge in [0.1, 0.15) is 0 Å². The van der Waals surface area contributed by atoms with E-state index in [1.165, 1.54) is 25.7 Å². The number of carbonyl (C=O) groups excluding carboxylic acids is 1. The topological polar surface area (TPSA) is 41.4 Å². The van der Waals surface area contributed by atoms with Crippen molar-refractivity contribution in [3.05, 3.63) is 18.5 Å². The molecule has 1 aromatic heterocycles. The lowest BCUT2D eigenvalue weighted by Gasteiger charge is -2.29. The predicted octanol–water partition coefficient (Wildman–Crippen LogP) is 2.39. The Bertz CT molecular complexity index is 424. The third-order valence-corrected chi connectivity index (χ3v) is 4.63. The van der Waals surface area contributed by atoms with E-state index in [0.29, 0.717) is 12.5 Å². The van der Waals surface area contributed by atoms with Gasteiger partial charge in [0.2, 0.25) is 5.91 Å². The van der Waals surface area contributed by atoms with Gasteiger partial charge in [0.25, 0.3) is 0 Å².